The average molecular weight is 327 g/mol. The summed E-state index contributed by atoms with van der Waals surface area (Å²) >= 11 is 0. The SMILES string of the molecule is Cc1nc(COc2ccc(NC(=O)CCCN)cc2)no1.Cl. The van der Waals surface area contributed by atoms with Crippen LogP contribution >= 0.6 is 12.4 Å². The Hall–Kier alpha value is -2.12. The summed E-state index contributed by atoms with van der Waals surface area (Å²) in [5, 5.41) is 6.53. The number of hydrogen-bond acceptors (Lipinski definition) is 6. The summed E-state index contributed by atoms with van der Waals surface area (Å²) in [6, 6.07) is 7.09. The molecule has 0 saturated heterocycles. The molecule has 1 amide bonds. The summed E-state index contributed by atoms with van der Waals surface area (Å²) in [5.74, 6) is 1.62. The largest absolute Gasteiger partial charge is 0.485 e. The number of benzene rings is 1. The number of amides is 1. The predicted molar refractivity (Wildman–Crippen MR) is 84.0 cm³/mol. The fraction of sp³-hybridized carbons (Fsp3) is 0.357. The highest BCUT2D eigenvalue weighted by Gasteiger charge is 2.04. The minimum atomic E-state index is -0.0450. The van der Waals surface area contributed by atoms with E-state index < -0.39 is 0 Å². The van der Waals surface area contributed by atoms with E-state index in [-0.39, 0.29) is 24.9 Å². The molecule has 22 heavy (non-hydrogen) atoms. The molecule has 2 rings (SSSR count). The Morgan fingerprint density at radius 2 is 2.09 bits per heavy atom. The molecule has 2 aromatic rings. The Morgan fingerprint density at radius 1 is 1.36 bits per heavy atom. The number of aromatic nitrogens is 2. The standard InChI is InChI=1S/C14H18N4O3.ClH/c1-10-16-13(18-21-10)9-20-12-6-4-11(5-7-12)17-14(19)3-2-8-15;/h4-7H,2-3,8-9,15H2,1H3,(H,17,19);1H. The van der Waals surface area contributed by atoms with E-state index in [9.17, 15) is 4.79 Å². The smallest absolute Gasteiger partial charge is 0.224 e. The van der Waals surface area contributed by atoms with Crippen LogP contribution in [0.4, 0.5) is 5.69 Å². The van der Waals surface area contributed by atoms with Crippen LogP contribution in [-0.2, 0) is 11.4 Å². The molecular formula is C14H19ClN4O3. The van der Waals surface area contributed by atoms with Gasteiger partial charge >= 0.3 is 0 Å². The second-order valence-corrected chi connectivity index (χ2v) is 4.48. The third kappa shape index (κ3) is 5.71. The van der Waals surface area contributed by atoms with Gasteiger partial charge in [0.25, 0.3) is 0 Å². The molecule has 3 N–H and O–H groups in total. The summed E-state index contributed by atoms with van der Waals surface area (Å²) in [4.78, 5) is 15.6. The molecule has 0 fully saturated rings. The molecule has 0 radical (unpaired) electrons. The first-order chi connectivity index (χ1) is 10.2. The molecule has 0 bridgehead atoms. The highest BCUT2D eigenvalue weighted by molar-refractivity contribution is 5.90. The molecule has 7 nitrogen and oxygen atoms in total. The molecule has 0 aliphatic rings. The van der Waals surface area contributed by atoms with Crippen molar-refractivity contribution in [3.05, 3.63) is 36.0 Å². The number of carbonyl (C=O) groups is 1. The van der Waals surface area contributed by atoms with Crippen molar-refractivity contribution < 1.29 is 14.1 Å². The van der Waals surface area contributed by atoms with E-state index in [0.717, 1.165) is 5.69 Å². The van der Waals surface area contributed by atoms with Gasteiger partial charge in [0.15, 0.2) is 6.61 Å². The van der Waals surface area contributed by atoms with E-state index in [0.29, 0.717) is 36.9 Å². The number of rotatable bonds is 7. The van der Waals surface area contributed by atoms with Gasteiger partial charge in [0.1, 0.15) is 5.75 Å². The fourth-order valence-electron chi connectivity index (χ4n) is 1.67. The van der Waals surface area contributed by atoms with Crippen LogP contribution in [0.3, 0.4) is 0 Å². The maximum atomic E-state index is 11.5. The van der Waals surface area contributed by atoms with Crippen LogP contribution in [0.15, 0.2) is 28.8 Å². The van der Waals surface area contributed by atoms with Crippen molar-refractivity contribution in [2.45, 2.75) is 26.4 Å². The molecule has 8 heteroatoms. The number of nitrogens with zero attached hydrogens (tertiary/aromatic N) is 2. The molecule has 1 aromatic carbocycles. The van der Waals surface area contributed by atoms with E-state index >= 15 is 0 Å². The highest BCUT2D eigenvalue weighted by atomic mass is 35.5. The van der Waals surface area contributed by atoms with Gasteiger partial charge in [-0.15, -0.1) is 12.4 Å². The maximum absolute atomic E-state index is 11.5. The van der Waals surface area contributed by atoms with Gasteiger partial charge in [-0.3, -0.25) is 4.79 Å². The van der Waals surface area contributed by atoms with Crippen LogP contribution < -0.4 is 15.8 Å². The van der Waals surface area contributed by atoms with Gasteiger partial charge in [-0.05, 0) is 37.2 Å². The van der Waals surface area contributed by atoms with E-state index in [2.05, 4.69) is 15.5 Å². The number of nitrogens with two attached hydrogens (primary N) is 1. The first-order valence-electron chi connectivity index (χ1n) is 6.69. The van der Waals surface area contributed by atoms with Crippen LogP contribution in [0, 0.1) is 6.92 Å². The monoisotopic (exact) mass is 326 g/mol. The van der Waals surface area contributed by atoms with E-state index in [1.54, 1.807) is 31.2 Å². The summed E-state index contributed by atoms with van der Waals surface area (Å²) in [6.07, 6.45) is 1.10. The number of nitrogens with one attached hydrogen (secondary N) is 1. The number of ether oxygens (including phenoxy) is 1. The summed E-state index contributed by atoms with van der Waals surface area (Å²) in [6.45, 7) is 2.47. The van der Waals surface area contributed by atoms with Gasteiger partial charge in [-0.25, -0.2) is 0 Å². The molecule has 1 aromatic heterocycles. The molecule has 120 valence electrons. The third-order valence-electron chi connectivity index (χ3n) is 2.68. The lowest BCUT2D eigenvalue weighted by Gasteiger charge is -2.07. The van der Waals surface area contributed by atoms with Crippen LogP contribution in [0.5, 0.6) is 5.75 Å². The topological polar surface area (TPSA) is 103 Å². The van der Waals surface area contributed by atoms with Crippen LogP contribution in [0.2, 0.25) is 0 Å². The molecule has 1 heterocycles. The second-order valence-electron chi connectivity index (χ2n) is 4.48. The average Bonchev–Trinajstić information content (AvgIpc) is 2.90. The summed E-state index contributed by atoms with van der Waals surface area (Å²) in [7, 11) is 0. The zero-order valence-electron chi connectivity index (χ0n) is 12.2. The van der Waals surface area contributed by atoms with Crippen molar-refractivity contribution in [2.75, 3.05) is 11.9 Å². The Kier molecular flexibility index (Phi) is 7.34. The van der Waals surface area contributed by atoms with E-state index in [1.165, 1.54) is 0 Å². The van der Waals surface area contributed by atoms with Crippen molar-refractivity contribution in [3.8, 4) is 5.75 Å². The molecule has 0 spiro atoms. The van der Waals surface area contributed by atoms with Gasteiger partial charge in [-0.2, -0.15) is 4.98 Å². The van der Waals surface area contributed by atoms with Crippen molar-refractivity contribution in [1.29, 1.82) is 0 Å². The van der Waals surface area contributed by atoms with Gasteiger partial charge < -0.3 is 20.3 Å². The molecular weight excluding hydrogens is 308 g/mol. The van der Waals surface area contributed by atoms with Crippen LogP contribution in [0.25, 0.3) is 0 Å². The van der Waals surface area contributed by atoms with E-state index in [4.69, 9.17) is 15.0 Å². The lowest BCUT2D eigenvalue weighted by Crippen LogP contribution is -2.13. The number of hydrogen-bond donors (Lipinski definition) is 2. The summed E-state index contributed by atoms with van der Waals surface area (Å²) < 4.78 is 10.4. The second kappa shape index (κ2) is 9.01. The molecule has 0 saturated carbocycles. The van der Waals surface area contributed by atoms with Crippen molar-refractivity contribution >= 4 is 24.0 Å². The zero-order chi connectivity index (χ0) is 15.1. The molecule has 0 aliphatic heterocycles. The van der Waals surface area contributed by atoms with Gasteiger partial charge in [-0.1, -0.05) is 5.16 Å². The lowest BCUT2D eigenvalue weighted by atomic mass is 10.2. The third-order valence-corrected chi connectivity index (χ3v) is 2.68. The van der Waals surface area contributed by atoms with Crippen molar-refractivity contribution in [3.63, 3.8) is 0 Å². The van der Waals surface area contributed by atoms with Gasteiger partial charge in [0.05, 0.1) is 0 Å². The minimum Gasteiger partial charge on any atom is -0.485 e. The Morgan fingerprint density at radius 3 is 2.68 bits per heavy atom. The van der Waals surface area contributed by atoms with Crippen LogP contribution in [0.1, 0.15) is 24.6 Å². The highest BCUT2D eigenvalue weighted by Crippen LogP contribution is 2.17. The van der Waals surface area contributed by atoms with E-state index in [1.807, 2.05) is 0 Å². The number of aryl methyl sites for hydroxylation is 1. The molecule has 0 aliphatic carbocycles. The number of anilines is 1. The molecule has 0 unspecified atom stereocenters. The summed E-state index contributed by atoms with van der Waals surface area (Å²) in [5.41, 5.74) is 6.08. The fourth-order valence-corrected chi connectivity index (χ4v) is 1.67. The zero-order valence-corrected chi connectivity index (χ0v) is 13.1. The van der Waals surface area contributed by atoms with Gasteiger partial charge in [0, 0.05) is 19.0 Å². The Bertz CT molecular complexity index is 586. The quantitative estimate of drug-likeness (QED) is 0.807. The predicted octanol–water partition coefficient (Wildman–Crippen LogP) is 2.06. The normalized spacial score (nSPS) is 9.91. The number of halogens is 1. The van der Waals surface area contributed by atoms with Crippen molar-refractivity contribution in [2.24, 2.45) is 5.73 Å². The van der Waals surface area contributed by atoms with Crippen molar-refractivity contribution in [1.82, 2.24) is 10.1 Å². The minimum absolute atomic E-state index is 0. The first-order valence-corrected chi connectivity index (χ1v) is 6.69. The maximum Gasteiger partial charge on any atom is 0.224 e. The Balaban J connectivity index is 0.00000242. The number of carbonyl (C=O) groups excluding carboxylic acids is 1. The Labute approximate surface area is 134 Å². The van der Waals surface area contributed by atoms with Gasteiger partial charge in [0.2, 0.25) is 17.6 Å². The lowest BCUT2D eigenvalue weighted by molar-refractivity contribution is -0.116. The molecule has 0 atom stereocenters. The first kappa shape index (κ1) is 17.9. The van der Waals surface area contributed by atoms with Crippen LogP contribution in [-0.4, -0.2) is 22.6 Å².